The molecule has 0 bridgehead atoms. The number of hydrogen-bond donors (Lipinski definition) is 1. The molecule has 0 heterocycles. The lowest BCUT2D eigenvalue weighted by Crippen LogP contribution is -2.34. The topological polar surface area (TPSA) is 21.3 Å². The van der Waals surface area contributed by atoms with E-state index >= 15 is 0 Å². The Bertz CT molecular complexity index is 377. The summed E-state index contributed by atoms with van der Waals surface area (Å²) in [5.74, 6) is 0.690. The molecule has 0 spiro atoms. The molecule has 3 atom stereocenters. The summed E-state index contributed by atoms with van der Waals surface area (Å²) >= 11 is 0. The Labute approximate surface area is 111 Å². The Morgan fingerprint density at radius 3 is 2.89 bits per heavy atom. The summed E-state index contributed by atoms with van der Waals surface area (Å²) in [4.78, 5) is 0. The maximum Gasteiger partial charge on any atom is 0.0546 e. The summed E-state index contributed by atoms with van der Waals surface area (Å²) in [6.07, 6.45) is 3.96. The minimum atomic E-state index is 0.349. The first-order valence-corrected chi connectivity index (χ1v) is 7.10. The lowest BCUT2D eigenvalue weighted by molar-refractivity contribution is 0.0839. The van der Waals surface area contributed by atoms with E-state index in [1.165, 1.54) is 24.0 Å². The number of methoxy groups -OCH3 is 1. The van der Waals surface area contributed by atoms with Crippen LogP contribution in [0.15, 0.2) is 24.3 Å². The molecule has 100 valence electrons. The molecule has 2 nitrogen and oxygen atoms in total. The molecule has 2 rings (SSSR count). The quantitative estimate of drug-likeness (QED) is 0.862. The van der Waals surface area contributed by atoms with Crippen LogP contribution < -0.4 is 5.32 Å². The molecular weight excluding hydrogens is 222 g/mol. The second-order valence-electron chi connectivity index (χ2n) is 5.31. The van der Waals surface area contributed by atoms with Crippen LogP contribution in [0, 0.1) is 5.92 Å². The lowest BCUT2D eigenvalue weighted by atomic mass is 9.77. The molecule has 1 aromatic carbocycles. The second-order valence-corrected chi connectivity index (χ2v) is 5.31. The van der Waals surface area contributed by atoms with Crippen LogP contribution in [0.1, 0.15) is 43.9 Å². The highest BCUT2D eigenvalue weighted by Crippen LogP contribution is 2.37. The van der Waals surface area contributed by atoms with Gasteiger partial charge >= 0.3 is 0 Å². The van der Waals surface area contributed by atoms with Gasteiger partial charge in [-0.15, -0.1) is 0 Å². The zero-order chi connectivity index (χ0) is 13.0. The van der Waals surface area contributed by atoms with E-state index < -0.39 is 0 Å². The van der Waals surface area contributed by atoms with Crippen LogP contribution in [0.2, 0.25) is 0 Å². The summed E-state index contributed by atoms with van der Waals surface area (Å²) in [6, 6.07) is 9.37. The number of hydrogen-bond acceptors (Lipinski definition) is 2. The highest BCUT2D eigenvalue weighted by atomic mass is 16.5. The maximum absolute atomic E-state index is 5.44. The zero-order valence-electron chi connectivity index (χ0n) is 11.8. The Hall–Kier alpha value is -0.860. The van der Waals surface area contributed by atoms with E-state index in [-0.39, 0.29) is 0 Å². The fourth-order valence-corrected chi connectivity index (χ4v) is 3.10. The fraction of sp³-hybridized carbons (Fsp3) is 0.625. The van der Waals surface area contributed by atoms with Crippen molar-refractivity contribution in [1.29, 1.82) is 0 Å². The predicted molar refractivity (Wildman–Crippen MR) is 75.8 cm³/mol. The van der Waals surface area contributed by atoms with Crippen LogP contribution in [0.3, 0.4) is 0 Å². The standard InChI is InChI=1S/C16H25NO/c1-4-17-16-14(11-12(2)18-3)10-9-13-7-5-6-8-15(13)16/h5-8,12,14,16-17H,4,9-11H2,1-3H3. The van der Waals surface area contributed by atoms with E-state index in [1.54, 1.807) is 0 Å². The molecule has 0 aromatic heterocycles. The first-order valence-electron chi connectivity index (χ1n) is 7.10. The molecule has 1 aliphatic carbocycles. The van der Waals surface area contributed by atoms with E-state index in [0.717, 1.165) is 13.0 Å². The molecule has 1 aliphatic rings. The number of rotatable bonds is 5. The summed E-state index contributed by atoms with van der Waals surface area (Å²) in [5.41, 5.74) is 3.02. The number of ether oxygens (including phenoxy) is 1. The van der Waals surface area contributed by atoms with Gasteiger partial charge in [-0.2, -0.15) is 0 Å². The van der Waals surface area contributed by atoms with Gasteiger partial charge in [0.05, 0.1) is 6.10 Å². The average Bonchev–Trinajstić information content (AvgIpc) is 2.41. The first kappa shape index (κ1) is 13.6. The van der Waals surface area contributed by atoms with Crippen molar-refractivity contribution < 1.29 is 4.74 Å². The highest BCUT2D eigenvalue weighted by molar-refractivity contribution is 5.33. The van der Waals surface area contributed by atoms with Gasteiger partial charge in [0.2, 0.25) is 0 Å². The van der Waals surface area contributed by atoms with Gasteiger partial charge < -0.3 is 10.1 Å². The molecule has 0 saturated carbocycles. The Morgan fingerprint density at radius 1 is 1.39 bits per heavy atom. The van der Waals surface area contributed by atoms with Crippen LogP contribution in [0.5, 0.6) is 0 Å². The van der Waals surface area contributed by atoms with Crippen molar-refractivity contribution >= 4 is 0 Å². The smallest absolute Gasteiger partial charge is 0.0546 e. The average molecular weight is 247 g/mol. The molecule has 0 saturated heterocycles. The van der Waals surface area contributed by atoms with Crippen molar-refractivity contribution in [3.63, 3.8) is 0 Å². The van der Waals surface area contributed by atoms with Crippen molar-refractivity contribution in [2.24, 2.45) is 5.92 Å². The molecule has 0 amide bonds. The van der Waals surface area contributed by atoms with E-state index in [2.05, 4.69) is 43.4 Å². The fourth-order valence-electron chi connectivity index (χ4n) is 3.10. The van der Waals surface area contributed by atoms with Crippen LogP contribution in [-0.4, -0.2) is 19.8 Å². The SMILES string of the molecule is CCNC1c2ccccc2CCC1CC(C)OC. The number of benzene rings is 1. The third-order valence-corrected chi connectivity index (χ3v) is 4.11. The molecule has 3 unspecified atom stereocenters. The molecule has 0 aliphatic heterocycles. The Balaban J connectivity index is 2.18. The zero-order valence-corrected chi connectivity index (χ0v) is 11.8. The van der Waals surface area contributed by atoms with Crippen LogP contribution >= 0.6 is 0 Å². The van der Waals surface area contributed by atoms with Gasteiger partial charge in [0, 0.05) is 13.2 Å². The summed E-state index contributed by atoms with van der Waals surface area (Å²) in [6.45, 7) is 5.38. The minimum Gasteiger partial charge on any atom is -0.382 e. The van der Waals surface area contributed by atoms with Gasteiger partial charge in [0.15, 0.2) is 0 Å². The molecule has 18 heavy (non-hydrogen) atoms. The summed E-state index contributed by atoms with van der Waals surface area (Å²) in [5, 5.41) is 3.66. The van der Waals surface area contributed by atoms with Crippen molar-refractivity contribution in [3.8, 4) is 0 Å². The molecule has 1 N–H and O–H groups in total. The Morgan fingerprint density at radius 2 is 2.17 bits per heavy atom. The van der Waals surface area contributed by atoms with E-state index in [1.807, 2.05) is 7.11 Å². The predicted octanol–water partition coefficient (Wildman–Crippen LogP) is 3.32. The molecule has 1 aromatic rings. The van der Waals surface area contributed by atoms with Crippen molar-refractivity contribution in [3.05, 3.63) is 35.4 Å². The van der Waals surface area contributed by atoms with E-state index in [0.29, 0.717) is 18.1 Å². The van der Waals surface area contributed by atoms with Crippen LogP contribution in [0.4, 0.5) is 0 Å². The molecule has 0 radical (unpaired) electrons. The second kappa shape index (κ2) is 6.35. The van der Waals surface area contributed by atoms with Crippen molar-refractivity contribution in [1.82, 2.24) is 5.32 Å². The lowest BCUT2D eigenvalue weighted by Gasteiger charge is -2.35. The van der Waals surface area contributed by atoms with Crippen LogP contribution in [0.25, 0.3) is 0 Å². The monoisotopic (exact) mass is 247 g/mol. The first-order chi connectivity index (χ1) is 8.76. The molecule has 0 fully saturated rings. The number of nitrogens with one attached hydrogen (secondary N) is 1. The van der Waals surface area contributed by atoms with Gasteiger partial charge in [-0.3, -0.25) is 0 Å². The Kier molecular flexibility index (Phi) is 4.79. The molecule has 2 heteroatoms. The van der Waals surface area contributed by atoms with Gasteiger partial charge in [0.1, 0.15) is 0 Å². The van der Waals surface area contributed by atoms with Gasteiger partial charge in [-0.05, 0) is 49.8 Å². The van der Waals surface area contributed by atoms with Gasteiger partial charge in [-0.1, -0.05) is 31.2 Å². The third kappa shape index (κ3) is 2.93. The van der Waals surface area contributed by atoms with E-state index in [4.69, 9.17) is 4.74 Å². The van der Waals surface area contributed by atoms with Crippen molar-refractivity contribution in [2.45, 2.75) is 45.3 Å². The van der Waals surface area contributed by atoms with E-state index in [9.17, 15) is 0 Å². The normalized spacial score (nSPS) is 24.6. The van der Waals surface area contributed by atoms with Crippen molar-refractivity contribution in [2.75, 3.05) is 13.7 Å². The number of fused-ring (bicyclic) bond motifs is 1. The highest BCUT2D eigenvalue weighted by Gasteiger charge is 2.29. The van der Waals surface area contributed by atoms with Crippen LogP contribution in [-0.2, 0) is 11.2 Å². The van der Waals surface area contributed by atoms with Gasteiger partial charge in [-0.25, -0.2) is 0 Å². The summed E-state index contributed by atoms with van der Waals surface area (Å²) in [7, 11) is 1.81. The largest absolute Gasteiger partial charge is 0.382 e. The summed E-state index contributed by atoms with van der Waals surface area (Å²) < 4.78 is 5.44. The van der Waals surface area contributed by atoms with Gasteiger partial charge in [0.25, 0.3) is 0 Å². The molecular formula is C16H25NO. The number of aryl methyl sites for hydroxylation is 1. The maximum atomic E-state index is 5.44. The minimum absolute atomic E-state index is 0.349. The third-order valence-electron chi connectivity index (χ3n) is 4.11.